The molecule has 0 aliphatic heterocycles. The number of carbonyl (C=O) groups is 2. The van der Waals surface area contributed by atoms with Crippen molar-refractivity contribution in [1.29, 1.82) is 0 Å². The molecular weight excluding hydrogens is 314 g/mol. The van der Waals surface area contributed by atoms with Crippen molar-refractivity contribution >= 4 is 29.1 Å². The summed E-state index contributed by atoms with van der Waals surface area (Å²) in [7, 11) is 0. The molecule has 0 aliphatic carbocycles. The van der Waals surface area contributed by atoms with Crippen molar-refractivity contribution in [3.8, 4) is 5.75 Å². The Balaban J connectivity index is 2.55. The van der Waals surface area contributed by atoms with E-state index in [1.807, 2.05) is 20.8 Å². The SMILES string of the molecule is CCCC(=O)NNC(=S)NC(=O)c1cccc(OC(C)CC)c1. The third-order valence-electron chi connectivity index (χ3n) is 3.03. The van der Waals surface area contributed by atoms with E-state index in [9.17, 15) is 9.59 Å². The van der Waals surface area contributed by atoms with Gasteiger partial charge in [-0.25, -0.2) is 0 Å². The largest absolute Gasteiger partial charge is 0.491 e. The molecule has 126 valence electrons. The fourth-order valence-electron chi connectivity index (χ4n) is 1.65. The van der Waals surface area contributed by atoms with E-state index in [2.05, 4.69) is 16.2 Å². The Morgan fingerprint density at radius 2 is 2.00 bits per heavy atom. The second kappa shape index (κ2) is 9.78. The topological polar surface area (TPSA) is 79.5 Å². The van der Waals surface area contributed by atoms with Gasteiger partial charge in [0.15, 0.2) is 5.11 Å². The molecule has 1 rings (SSSR count). The van der Waals surface area contributed by atoms with Gasteiger partial charge in [0.25, 0.3) is 5.91 Å². The van der Waals surface area contributed by atoms with Crippen LogP contribution in [0.1, 0.15) is 50.4 Å². The molecule has 7 heteroatoms. The molecular formula is C16H23N3O3S. The molecule has 3 N–H and O–H groups in total. The van der Waals surface area contributed by atoms with Crippen molar-refractivity contribution < 1.29 is 14.3 Å². The molecule has 0 aromatic heterocycles. The minimum atomic E-state index is -0.373. The molecule has 6 nitrogen and oxygen atoms in total. The summed E-state index contributed by atoms with van der Waals surface area (Å²) in [6, 6.07) is 6.85. The summed E-state index contributed by atoms with van der Waals surface area (Å²) in [6.45, 7) is 5.89. The van der Waals surface area contributed by atoms with Gasteiger partial charge in [-0.3, -0.25) is 25.8 Å². The van der Waals surface area contributed by atoms with Crippen LogP contribution < -0.4 is 20.9 Å². The van der Waals surface area contributed by atoms with Gasteiger partial charge in [0.2, 0.25) is 5.91 Å². The van der Waals surface area contributed by atoms with Crippen LogP contribution in [0.15, 0.2) is 24.3 Å². The number of ether oxygens (including phenoxy) is 1. The first kappa shape index (κ1) is 18.9. The smallest absolute Gasteiger partial charge is 0.257 e. The Morgan fingerprint density at radius 3 is 2.65 bits per heavy atom. The fraction of sp³-hybridized carbons (Fsp3) is 0.438. The number of nitrogens with one attached hydrogen (secondary N) is 3. The summed E-state index contributed by atoms with van der Waals surface area (Å²) in [4.78, 5) is 23.4. The summed E-state index contributed by atoms with van der Waals surface area (Å²) in [5, 5.41) is 2.53. The highest BCUT2D eigenvalue weighted by Crippen LogP contribution is 2.15. The number of benzene rings is 1. The van der Waals surface area contributed by atoms with E-state index >= 15 is 0 Å². The van der Waals surface area contributed by atoms with Crippen molar-refractivity contribution in [3.05, 3.63) is 29.8 Å². The van der Waals surface area contributed by atoms with Crippen LogP contribution in [0.5, 0.6) is 5.75 Å². The number of hydrogen-bond donors (Lipinski definition) is 3. The first-order valence-electron chi connectivity index (χ1n) is 7.63. The van der Waals surface area contributed by atoms with Crippen molar-refractivity contribution in [2.24, 2.45) is 0 Å². The molecule has 0 saturated carbocycles. The van der Waals surface area contributed by atoms with Gasteiger partial charge >= 0.3 is 0 Å². The number of hydrogen-bond acceptors (Lipinski definition) is 4. The zero-order chi connectivity index (χ0) is 17.2. The lowest BCUT2D eigenvalue weighted by molar-refractivity contribution is -0.121. The number of amides is 2. The number of rotatable bonds is 6. The molecule has 23 heavy (non-hydrogen) atoms. The van der Waals surface area contributed by atoms with Gasteiger partial charge in [-0.2, -0.15) is 0 Å². The van der Waals surface area contributed by atoms with Gasteiger partial charge in [-0.05, 0) is 50.2 Å². The molecule has 0 radical (unpaired) electrons. The van der Waals surface area contributed by atoms with Crippen LogP contribution in [0.3, 0.4) is 0 Å². The molecule has 0 saturated heterocycles. The van der Waals surface area contributed by atoms with Crippen LogP contribution in [0, 0.1) is 0 Å². The molecule has 0 aliphatic rings. The predicted molar refractivity (Wildman–Crippen MR) is 93.1 cm³/mol. The Labute approximate surface area is 141 Å². The van der Waals surface area contributed by atoms with Crippen LogP contribution >= 0.6 is 12.2 Å². The molecule has 1 aromatic rings. The summed E-state index contributed by atoms with van der Waals surface area (Å²) in [5.74, 6) is 0.0667. The lowest BCUT2D eigenvalue weighted by Gasteiger charge is -2.14. The highest BCUT2D eigenvalue weighted by Gasteiger charge is 2.10. The highest BCUT2D eigenvalue weighted by atomic mass is 32.1. The summed E-state index contributed by atoms with van der Waals surface area (Å²) < 4.78 is 5.68. The zero-order valence-corrected chi connectivity index (χ0v) is 14.5. The maximum absolute atomic E-state index is 12.1. The van der Waals surface area contributed by atoms with Crippen molar-refractivity contribution in [3.63, 3.8) is 0 Å². The average molecular weight is 337 g/mol. The zero-order valence-electron chi connectivity index (χ0n) is 13.6. The van der Waals surface area contributed by atoms with Gasteiger partial charge in [0, 0.05) is 12.0 Å². The monoisotopic (exact) mass is 337 g/mol. The second-order valence-corrected chi connectivity index (χ2v) is 5.48. The van der Waals surface area contributed by atoms with E-state index in [-0.39, 0.29) is 23.0 Å². The quantitative estimate of drug-likeness (QED) is 0.548. The molecule has 0 spiro atoms. The first-order chi connectivity index (χ1) is 11.0. The van der Waals surface area contributed by atoms with Gasteiger partial charge in [0.05, 0.1) is 6.10 Å². The van der Waals surface area contributed by atoms with E-state index in [1.165, 1.54) is 0 Å². The lowest BCUT2D eigenvalue weighted by Crippen LogP contribution is -2.48. The number of carbonyl (C=O) groups excluding carboxylic acids is 2. The van der Waals surface area contributed by atoms with Crippen LogP contribution in [-0.4, -0.2) is 23.0 Å². The summed E-state index contributed by atoms with van der Waals surface area (Å²) in [5.41, 5.74) is 5.33. The molecule has 1 unspecified atom stereocenters. The predicted octanol–water partition coefficient (Wildman–Crippen LogP) is 2.30. The molecule has 0 bridgehead atoms. The first-order valence-corrected chi connectivity index (χ1v) is 8.04. The lowest BCUT2D eigenvalue weighted by atomic mass is 10.2. The fourth-order valence-corrected chi connectivity index (χ4v) is 1.79. The minimum Gasteiger partial charge on any atom is -0.491 e. The van der Waals surface area contributed by atoms with Crippen molar-refractivity contribution in [2.75, 3.05) is 0 Å². The van der Waals surface area contributed by atoms with Crippen molar-refractivity contribution in [2.45, 2.75) is 46.1 Å². The highest BCUT2D eigenvalue weighted by molar-refractivity contribution is 7.80. The molecule has 2 amide bonds. The number of thiocarbonyl (C=S) groups is 1. The standard InChI is InChI=1S/C16H23N3O3S/c1-4-7-14(20)18-19-16(23)17-15(21)12-8-6-9-13(10-12)22-11(3)5-2/h6,8-11H,4-5,7H2,1-3H3,(H,18,20)(H2,17,19,21,23). The summed E-state index contributed by atoms with van der Waals surface area (Å²) >= 11 is 4.97. The molecule has 1 aromatic carbocycles. The molecule has 0 heterocycles. The Kier molecular flexibility index (Phi) is 8.04. The summed E-state index contributed by atoms with van der Waals surface area (Å²) in [6.07, 6.45) is 2.07. The number of hydrazine groups is 1. The van der Waals surface area contributed by atoms with E-state index < -0.39 is 0 Å². The van der Waals surface area contributed by atoms with Gasteiger partial charge in [0.1, 0.15) is 5.75 Å². The average Bonchev–Trinajstić information content (AvgIpc) is 2.53. The van der Waals surface area contributed by atoms with Crippen LogP contribution in [-0.2, 0) is 4.79 Å². The van der Waals surface area contributed by atoms with E-state index in [4.69, 9.17) is 17.0 Å². The van der Waals surface area contributed by atoms with Gasteiger partial charge in [-0.15, -0.1) is 0 Å². The van der Waals surface area contributed by atoms with Gasteiger partial charge in [-0.1, -0.05) is 19.9 Å². The maximum Gasteiger partial charge on any atom is 0.257 e. The normalized spacial score (nSPS) is 11.3. The van der Waals surface area contributed by atoms with E-state index in [1.54, 1.807) is 24.3 Å². The van der Waals surface area contributed by atoms with Crippen LogP contribution in [0.4, 0.5) is 0 Å². The Morgan fingerprint density at radius 1 is 1.26 bits per heavy atom. The molecule has 0 fully saturated rings. The Bertz CT molecular complexity index is 563. The van der Waals surface area contributed by atoms with E-state index in [0.717, 1.165) is 12.8 Å². The third-order valence-corrected chi connectivity index (χ3v) is 3.23. The van der Waals surface area contributed by atoms with Gasteiger partial charge < -0.3 is 4.74 Å². The maximum atomic E-state index is 12.1. The van der Waals surface area contributed by atoms with Crippen LogP contribution in [0.25, 0.3) is 0 Å². The second-order valence-electron chi connectivity index (χ2n) is 5.07. The minimum absolute atomic E-state index is 0.0349. The third kappa shape index (κ3) is 7.10. The van der Waals surface area contributed by atoms with E-state index in [0.29, 0.717) is 17.7 Å². The molecule has 1 atom stereocenters. The van der Waals surface area contributed by atoms with Crippen molar-refractivity contribution in [1.82, 2.24) is 16.2 Å². The Hall–Kier alpha value is -2.15. The van der Waals surface area contributed by atoms with Crippen LogP contribution in [0.2, 0.25) is 0 Å².